The quantitative estimate of drug-likeness (QED) is 0.850. The fourth-order valence-electron chi connectivity index (χ4n) is 1.44. The Morgan fingerprint density at radius 2 is 2.05 bits per heavy atom. The fraction of sp³-hybridized carbons (Fsp3) is 0.385. The van der Waals surface area contributed by atoms with Gasteiger partial charge in [0.15, 0.2) is 18.2 Å². The van der Waals surface area contributed by atoms with Gasteiger partial charge in [-0.25, -0.2) is 4.39 Å². The number of carbonyl (C=O) groups excluding carboxylic acids is 1. The van der Waals surface area contributed by atoms with Crippen LogP contribution in [0.5, 0.6) is 5.75 Å². The van der Waals surface area contributed by atoms with Crippen LogP contribution in [0.25, 0.3) is 0 Å². The summed E-state index contributed by atoms with van der Waals surface area (Å²) in [5.41, 5.74) is 0. The van der Waals surface area contributed by atoms with E-state index < -0.39 is 23.7 Å². The van der Waals surface area contributed by atoms with Crippen LogP contribution in [0.15, 0.2) is 24.3 Å². The van der Waals surface area contributed by atoms with E-state index in [1.165, 1.54) is 30.1 Å². The summed E-state index contributed by atoms with van der Waals surface area (Å²) in [5.74, 6) is -1.94. The topological polar surface area (TPSA) is 66.8 Å². The van der Waals surface area contributed by atoms with Gasteiger partial charge >= 0.3 is 5.97 Å². The number of ether oxygens (including phenoxy) is 1. The van der Waals surface area contributed by atoms with Gasteiger partial charge in [0, 0.05) is 13.1 Å². The van der Waals surface area contributed by atoms with Crippen molar-refractivity contribution < 1.29 is 23.8 Å². The first-order valence-corrected chi connectivity index (χ1v) is 5.76. The normalized spacial score (nSPS) is 11.7. The fourth-order valence-corrected chi connectivity index (χ4v) is 1.44. The Morgan fingerprint density at radius 1 is 1.42 bits per heavy atom. The van der Waals surface area contributed by atoms with E-state index in [1.54, 1.807) is 13.0 Å². The first kappa shape index (κ1) is 14.9. The molecule has 0 aliphatic heterocycles. The number of benzene rings is 1. The molecule has 1 N–H and O–H groups in total. The van der Waals surface area contributed by atoms with Gasteiger partial charge in [0.2, 0.25) is 0 Å². The number of hydrogen-bond acceptors (Lipinski definition) is 3. The molecule has 104 valence electrons. The zero-order chi connectivity index (χ0) is 14.4. The van der Waals surface area contributed by atoms with Crippen molar-refractivity contribution in [3.63, 3.8) is 0 Å². The molecule has 0 fully saturated rings. The Kier molecular flexibility index (Phi) is 5.29. The number of para-hydroxylation sites is 1. The molecule has 0 aromatic heterocycles. The first-order valence-electron chi connectivity index (χ1n) is 5.76. The number of carbonyl (C=O) groups is 2. The van der Waals surface area contributed by atoms with Crippen molar-refractivity contribution in [3.05, 3.63) is 30.1 Å². The molecule has 0 saturated carbocycles. The number of nitrogens with zero attached hydrogens (tertiary/aromatic N) is 1. The summed E-state index contributed by atoms with van der Waals surface area (Å²) in [6.45, 7) is 1.29. The predicted molar refractivity (Wildman–Crippen MR) is 66.4 cm³/mol. The molecule has 6 heteroatoms. The minimum absolute atomic E-state index is 0.00450. The van der Waals surface area contributed by atoms with Crippen molar-refractivity contribution in [2.75, 3.05) is 13.7 Å². The minimum Gasteiger partial charge on any atom is -0.481 e. The average Bonchev–Trinajstić information content (AvgIpc) is 2.35. The lowest BCUT2D eigenvalue weighted by atomic mass is 10.2. The van der Waals surface area contributed by atoms with Crippen molar-refractivity contribution in [2.45, 2.75) is 19.4 Å². The average molecular weight is 269 g/mol. The lowest BCUT2D eigenvalue weighted by Gasteiger charge is -2.23. The Balaban J connectivity index is 2.51. The molecule has 1 rings (SSSR count). The minimum atomic E-state index is -0.984. The third-order valence-electron chi connectivity index (χ3n) is 2.71. The Hall–Kier alpha value is -2.11. The standard InChI is InChI=1S/C13H16FNO4/c1-9(7-13(17)18)15(2)12(16)8-19-11-6-4-3-5-10(11)14/h3-6,9H,7-8H2,1-2H3,(H,17,18). The molecule has 0 bridgehead atoms. The highest BCUT2D eigenvalue weighted by molar-refractivity contribution is 5.78. The van der Waals surface area contributed by atoms with Crippen LogP contribution in [0.2, 0.25) is 0 Å². The van der Waals surface area contributed by atoms with E-state index >= 15 is 0 Å². The molecule has 1 aromatic rings. The third kappa shape index (κ3) is 4.57. The smallest absolute Gasteiger partial charge is 0.305 e. The summed E-state index contributed by atoms with van der Waals surface area (Å²) in [6.07, 6.45) is -0.151. The van der Waals surface area contributed by atoms with Crippen LogP contribution >= 0.6 is 0 Å². The SMILES string of the molecule is CC(CC(=O)O)N(C)C(=O)COc1ccccc1F. The van der Waals surface area contributed by atoms with Gasteiger partial charge in [0.05, 0.1) is 6.42 Å². The second-order valence-electron chi connectivity index (χ2n) is 4.17. The molecular formula is C13H16FNO4. The number of carboxylic acids is 1. The summed E-state index contributed by atoms with van der Waals surface area (Å²) < 4.78 is 18.3. The monoisotopic (exact) mass is 269 g/mol. The second-order valence-corrected chi connectivity index (χ2v) is 4.17. The van der Waals surface area contributed by atoms with Gasteiger partial charge in [0.25, 0.3) is 5.91 Å². The molecule has 0 saturated heterocycles. The van der Waals surface area contributed by atoms with Gasteiger partial charge < -0.3 is 14.7 Å². The number of likely N-dealkylation sites (N-methyl/N-ethyl adjacent to an activating group) is 1. The van der Waals surface area contributed by atoms with Crippen molar-refractivity contribution in [1.82, 2.24) is 4.90 Å². The van der Waals surface area contributed by atoms with Gasteiger partial charge in [-0.15, -0.1) is 0 Å². The van der Waals surface area contributed by atoms with Gasteiger partial charge in [-0.3, -0.25) is 9.59 Å². The predicted octanol–water partition coefficient (Wildman–Crippen LogP) is 1.53. The molecule has 19 heavy (non-hydrogen) atoms. The van der Waals surface area contributed by atoms with Crippen LogP contribution in [-0.4, -0.2) is 41.6 Å². The summed E-state index contributed by atoms with van der Waals surface area (Å²) >= 11 is 0. The van der Waals surface area contributed by atoms with Crippen molar-refractivity contribution in [1.29, 1.82) is 0 Å². The first-order chi connectivity index (χ1) is 8.91. The molecule has 0 aliphatic carbocycles. The summed E-state index contributed by atoms with van der Waals surface area (Å²) in [5, 5.41) is 8.64. The van der Waals surface area contributed by atoms with Crippen LogP contribution in [0, 0.1) is 5.82 Å². The van der Waals surface area contributed by atoms with E-state index in [-0.39, 0.29) is 18.8 Å². The van der Waals surface area contributed by atoms with Gasteiger partial charge in [0.1, 0.15) is 0 Å². The van der Waals surface area contributed by atoms with Crippen LogP contribution in [-0.2, 0) is 9.59 Å². The molecular weight excluding hydrogens is 253 g/mol. The summed E-state index contributed by atoms with van der Waals surface area (Å²) in [4.78, 5) is 23.6. The zero-order valence-electron chi connectivity index (χ0n) is 10.8. The van der Waals surface area contributed by atoms with E-state index in [2.05, 4.69) is 0 Å². The maximum Gasteiger partial charge on any atom is 0.305 e. The highest BCUT2D eigenvalue weighted by atomic mass is 19.1. The molecule has 1 aromatic carbocycles. The maximum atomic E-state index is 13.2. The lowest BCUT2D eigenvalue weighted by Crippen LogP contribution is -2.39. The highest BCUT2D eigenvalue weighted by Gasteiger charge is 2.19. The van der Waals surface area contributed by atoms with Crippen LogP contribution in [0.3, 0.4) is 0 Å². The molecule has 1 atom stereocenters. The molecule has 0 radical (unpaired) electrons. The third-order valence-corrected chi connectivity index (χ3v) is 2.71. The Morgan fingerprint density at radius 3 is 2.63 bits per heavy atom. The Bertz CT molecular complexity index is 464. The van der Waals surface area contributed by atoms with Crippen LogP contribution in [0.1, 0.15) is 13.3 Å². The van der Waals surface area contributed by atoms with E-state index in [4.69, 9.17) is 9.84 Å². The number of carboxylic acid groups (broad SMARTS) is 1. The van der Waals surface area contributed by atoms with Gasteiger partial charge in [-0.05, 0) is 19.1 Å². The lowest BCUT2D eigenvalue weighted by molar-refractivity contribution is -0.140. The van der Waals surface area contributed by atoms with E-state index in [0.717, 1.165) is 0 Å². The van der Waals surface area contributed by atoms with E-state index in [0.29, 0.717) is 0 Å². The van der Waals surface area contributed by atoms with E-state index in [1.807, 2.05) is 0 Å². The number of rotatable bonds is 6. The van der Waals surface area contributed by atoms with E-state index in [9.17, 15) is 14.0 Å². The van der Waals surface area contributed by atoms with Crippen molar-refractivity contribution in [2.24, 2.45) is 0 Å². The number of hydrogen-bond donors (Lipinski definition) is 1. The molecule has 5 nitrogen and oxygen atoms in total. The summed E-state index contributed by atoms with van der Waals surface area (Å²) in [6, 6.07) is 5.32. The molecule has 0 spiro atoms. The Labute approximate surface area is 110 Å². The van der Waals surface area contributed by atoms with Crippen LogP contribution < -0.4 is 4.74 Å². The second kappa shape index (κ2) is 6.72. The zero-order valence-corrected chi connectivity index (χ0v) is 10.8. The molecule has 1 amide bonds. The molecule has 0 heterocycles. The molecule has 1 unspecified atom stereocenters. The van der Waals surface area contributed by atoms with Crippen LogP contribution in [0.4, 0.5) is 4.39 Å². The van der Waals surface area contributed by atoms with Crippen molar-refractivity contribution in [3.8, 4) is 5.75 Å². The highest BCUT2D eigenvalue weighted by Crippen LogP contribution is 2.15. The number of amides is 1. The van der Waals surface area contributed by atoms with Gasteiger partial charge in [-0.2, -0.15) is 0 Å². The van der Waals surface area contributed by atoms with Crippen molar-refractivity contribution >= 4 is 11.9 Å². The van der Waals surface area contributed by atoms with Gasteiger partial charge in [-0.1, -0.05) is 12.1 Å². The number of aliphatic carboxylic acids is 1. The largest absolute Gasteiger partial charge is 0.481 e. The molecule has 0 aliphatic rings. The number of halogens is 1. The summed E-state index contributed by atoms with van der Waals surface area (Å²) in [7, 11) is 1.49. The maximum absolute atomic E-state index is 13.2.